The molecule has 2 atom stereocenters. The monoisotopic (exact) mass is 574 g/mol. The number of amides is 1. The summed E-state index contributed by atoms with van der Waals surface area (Å²) in [4.78, 5) is 24.2. The summed E-state index contributed by atoms with van der Waals surface area (Å²) in [6.07, 6.45) is 17.3. The predicted molar refractivity (Wildman–Crippen MR) is 167 cm³/mol. The van der Waals surface area contributed by atoms with Gasteiger partial charge >= 0.3 is 0 Å². The highest BCUT2D eigenvalue weighted by Gasteiger charge is 2.18. The standard InChI is InChI=1S/C34H58N2O5/c1-3-4-5-6-7-8-9-10-11-12-23-41-33(28-40-22-14-15-29(26-37)27-39-2)25-36-34(38)32-17-13-16-31(24-32)30-18-20-35-21-19-30/h13,16-17,24,26,29-30,33,35H,3-12,14-15,18-23,25,27-28H2,1-2H3,(H,36,38). The summed E-state index contributed by atoms with van der Waals surface area (Å²) >= 11 is 0. The minimum atomic E-state index is -0.203. The fourth-order valence-electron chi connectivity index (χ4n) is 5.47. The minimum Gasteiger partial charge on any atom is -0.384 e. The van der Waals surface area contributed by atoms with Crippen LogP contribution in [0.1, 0.15) is 119 Å². The van der Waals surface area contributed by atoms with Crippen molar-refractivity contribution in [2.45, 2.75) is 109 Å². The zero-order valence-electron chi connectivity index (χ0n) is 26.0. The van der Waals surface area contributed by atoms with Crippen molar-refractivity contribution in [2.75, 3.05) is 53.2 Å². The number of aldehydes is 1. The lowest BCUT2D eigenvalue weighted by atomic mass is 9.89. The first-order valence-electron chi connectivity index (χ1n) is 16.4. The van der Waals surface area contributed by atoms with Crippen LogP contribution < -0.4 is 10.6 Å². The van der Waals surface area contributed by atoms with Gasteiger partial charge in [0.2, 0.25) is 0 Å². The Labute approximate surface area is 249 Å². The normalized spacial score (nSPS) is 15.5. The Kier molecular flexibility index (Phi) is 20.5. The van der Waals surface area contributed by atoms with E-state index in [1.807, 2.05) is 18.2 Å². The molecule has 0 aliphatic carbocycles. The van der Waals surface area contributed by atoms with Crippen LogP contribution in [-0.2, 0) is 19.0 Å². The van der Waals surface area contributed by atoms with Gasteiger partial charge in [-0.15, -0.1) is 0 Å². The van der Waals surface area contributed by atoms with Crippen molar-refractivity contribution in [3.8, 4) is 0 Å². The molecule has 2 unspecified atom stereocenters. The Morgan fingerprint density at radius 3 is 2.37 bits per heavy atom. The van der Waals surface area contributed by atoms with Crippen molar-refractivity contribution in [2.24, 2.45) is 5.92 Å². The summed E-state index contributed by atoms with van der Waals surface area (Å²) in [5, 5.41) is 6.49. The molecule has 1 aliphatic heterocycles. The van der Waals surface area contributed by atoms with Crippen molar-refractivity contribution in [1.29, 1.82) is 0 Å². The van der Waals surface area contributed by atoms with Gasteiger partial charge in [0, 0.05) is 38.3 Å². The van der Waals surface area contributed by atoms with E-state index in [-0.39, 0.29) is 17.9 Å². The molecule has 0 spiro atoms. The van der Waals surface area contributed by atoms with Crippen molar-refractivity contribution < 1.29 is 23.8 Å². The van der Waals surface area contributed by atoms with Crippen molar-refractivity contribution in [3.05, 3.63) is 35.4 Å². The molecule has 2 N–H and O–H groups in total. The number of rotatable bonds is 25. The summed E-state index contributed by atoms with van der Waals surface area (Å²) in [5.74, 6) is 0.353. The summed E-state index contributed by atoms with van der Waals surface area (Å²) in [7, 11) is 1.61. The number of hydrogen-bond donors (Lipinski definition) is 2. The van der Waals surface area contributed by atoms with Crippen molar-refractivity contribution >= 4 is 12.2 Å². The molecule has 0 saturated carbocycles. The molecule has 1 heterocycles. The number of unbranched alkanes of at least 4 members (excludes halogenated alkanes) is 9. The number of benzene rings is 1. The van der Waals surface area contributed by atoms with E-state index in [0.717, 1.165) is 51.5 Å². The first-order chi connectivity index (χ1) is 20.2. The minimum absolute atomic E-state index is 0.0679. The van der Waals surface area contributed by atoms with Crippen LogP contribution in [-0.4, -0.2) is 71.5 Å². The average Bonchev–Trinajstić information content (AvgIpc) is 3.01. The van der Waals surface area contributed by atoms with Crippen LogP contribution in [0, 0.1) is 5.92 Å². The van der Waals surface area contributed by atoms with E-state index in [1.165, 1.54) is 63.4 Å². The van der Waals surface area contributed by atoms with Gasteiger partial charge in [-0.3, -0.25) is 4.79 Å². The topological polar surface area (TPSA) is 85.9 Å². The van der Waals surface area contributed by atoms with E-state index in [1.54, 1.807) is 7.11 Å². The highest BCUT2D eigenvalue weighted by atomic mass is 16.5. The van der Waals surface area contributed by atoms with Crippen LogP contribution in [0.25, 0.3) is 0 Å². The van der Waals surface area contributed by atoms with Crippen LogP contribution in [0.2, 0.25) is 0 Å². The van der Waals surface area contributed by atoms with E-state index >= 15 is 0 Å². The molecule has 0 aromatic heterocycles. The molecular weight excluding hydrogens is 516 g/mol. The lowest BCUT2D eigenvalue weighted by molar-refractivity contribution is -0.112. The fraction of sp³-hybridized carbons (Fsp3) is 0.765. The van der Waals surface area contributed by atoms with Crippen LogP contribution in [0.5, 0.6) is 0 Å². The number of carbonyl (C=O) groups excluding carboxylic acids is 2. The molecule has 41 heavy (non-hydrogen) atoms. The molecular formula is C34H58N2O5. The molecule has 7 heteroatoms. The van der Waals surface area contributed by atoms with E-state index in [4.69, 9.17) is 14.2 Å². The van der Waals surface area contributed by atoms with Gasteiger partial charge < -0.3 is 29.6 Å². The molecule has 0 bridgehead atoms. The third-order valence-electron chi connectivity index (χ3n) is 8.04. The van der Waals surface area contributed by atoms with Gasteiger partial charge in [0.05, 0.1) is 19.3 Å². The zero-order valence-corrected chi connectivity index (χ0v) is 26.0. The van der Waals surface area contributed by atoms with Crippen molar-refractivity contribution in [3.63, 3.8) is 0 Å². The molecule has 1 amide bonds. The predicted octanol–water partition coefficient (Wildman–Crippen LogP) is 6.45. The Hall–Kier alpha value is -1.80. The Balaban J connectivity index is 1.74. The van der Waals surface area contributed by atoms with Gasteiger partial charge in [0.1, 0.15) is 6.29 Å². The van der Waals surface area contributed by atoms with E-state index in [2.05, 4.69) is 23.6 Å². The van der Waals surface area contributed by atoms with E-state index in [0.29, 0.717) is 44.5 Å². The Bertz CT molecular complexity index is 799. The summed E-state index contributed by atoms with van der Waals surface area (Å²) in [6, 6.07) is 8.07. The maximum absolute atomic E-state index is 13.0. The number of methoxy groups -OCH3 is 1. The number of ether oxygens (including phenoxy) is 3. The first-order valence-corrected chi connectivity index (χ1v) is 16.4. The van der Waals surface area contributed by atoms with Crippen LogP contribution >= 0.6 is 0 Å². The first kappa shape index (κ1) is 35.4. The maximum Gasteiger partial charge on any atom is 0.251 e. The van der Waals surface area contributed by atoms with Gasteiger partial charge in [-0.25, -0.2) is 0 Å². The number of piperidine rings is 1. The molecule has 1 aliphatic rings. The molecule has 1 aromatic carbocycles. The molecule has 1 aromatic rings. The smallest absolute Gasteiger partial charge is 0.251 e. The SMILES string of the molecule is CCCCCCCCCCCCOC(CNC(=O)c1cccc(C2CCNCC2)c1)COCCCC(C=O)COC. The zero-order chi connectivity index (χ0) is 29.4. The van der Waals surface area contributed by atoms with Gasteiger partial charge in [0.25, 0.3) is 5.91 Å². The summed E-state index contributed by atoms with van der Waals surface area (Å²) in [6.45, 7) is 6.82. The maximum atomic E-state index is 13.0. The molecule has 1 saturated heterocycles. The van der Waals surface area contributed by atoms with Gasteiger partial charge in [-0.05, 0) is 68.8 Å². The second-order valence-electron chi connectivity index (χ2n) is 11.6. The molecule has 0 radical (unpaired) electrons. The van der Waals surface area contributed by atoms with Crippen LogP contribution in [0.3, 0.4) is 0 Å². The second-order valence-corrected chi connectivity index (χ2v) is 11.6. The van der Waals surface area contributed by atoms with Gasteiger partial charge in [-0.2, -0.15) is 0 Å². The summed E-state index contributed by atoms with van der Waals surface area (Å²) < 4.78 is 17.2. The number of hydrogen-bond acceptors (Lipinski definition) is 6. The fourth-order valence-corrected chi connectivity index (χ4v) is 5.47. The summed E-state index contributed by atoms with van der Waals surface area (Å²) in [5.41, 5.74) is 1.95. The van der Waals surface area contributed by atoms with Gasteiger partial charge in [-0.1, -0.05) is 76.8 Å². The Morgan fingerprint density at radius 1 is 0.976 bits per heavy atom. The number of nitrogens with one attached hydrogen (secondary N) is 2. The lowest BCUT2D eigenvalue weighted by Gasteiger charge is -2.23. The molecule has 7 nitrogen and oxygen atoms in total. The van der Waals surface area contributed by atoms with E-state index in [9.17, 15) is 9.59 Å². The third-order valence-corrected chi connectivity index (χ3v) is 8.04. The van der Waals surface area contributed by atoms with Crippen molar-refractivity contribution in [1.82, 2.24) is 10.6 Å². The van der Waals surface area contributed by atoms with Crippen LogP contribution in [0.15, 0.2) is 24.3 Å². The van der Waals surface area contributed by atoms with Crippen LogP contribution in [0.4, 0.5) is 0 Å². The Morgan fingerprint density at radius 2 is 1.68 bits per heavy atom. The second kappa shape index (κ2) is 23.7. The highest BCUT2D eigenvalue weighted by Crippen LogP contribution is 2.25. The molecule has 2 rings (SSSR count). The molecule has 1 fully saturated rings. The quantitative estimate of drug-likeness (QED) is 0.103. The van der Waals surface area contributed by atoms with E-state index < -0.39 is 0 Å². The highest BCUT2D eigenvalue weighted by molar-refractivity contribution is 5.94. The third kappa shape index (κ3) is 16.4. The average molecular weight is 575 g/mol. The largest absolute Gasteiger partial charge is 0.384 e. The molecule has 234 valence electrons. The van der Waals surface area contributed by atoms with Gasteiger partial charge in [0.15, 0.2) is 0 Å². The number of carbonyl (C=O) groups is 2. The lowest BCUT2D eigenvalue weighted by Crippen LogP contribution is -2.37.